The first-order chi connectivity index (χ1) is 11.2. The Hall–Kier alpha value is -1.53. The van der Waals surface area contributed by atoms with Gasteiger partial charge >= 0.3 is 24.8 Å². The summed E-state index contributed by atoms with van der Waals surface area (Å²) in [6.07, 6.45) is 0. The number of nitrogen functional groups attached to an aromatic ring is 1. The molecular formula is C14H15Cl3LiN3O5. The van der Waals surface area contributed by atoms with Gasteiger partial charge in [0.05, 0.1) is 11.5 Å². The minimum atomic E-state index is -1.35. The van der Waals surface area contributed by atoms with Crippen LogP contribution in [-0.2, 0) is 0 Å². The van der Waals surface area contributed by atoms with Gasteiger partial charge in [-0.1, -0.05) is 42.2 Å². The van der Waals surface area contributed by atoms with Gasteiger partial charge < -0.3 is 25.8 Å². The van der Waals surface area contributed by atoms with Crippen LogP contribution in [-0.4, -0.2) is 39.2 Å². The summed E-state index contributed by atoms with van der Waals surface area (Å²) in [6, 6.07) is 5.26. The van der Waals surface area contributed by atoms with E-state index in [9.17, 15) is 14.7 Å². The van der Waals surface area contributed by atoms with Crippen molar-refractivity contribution in [3.8, 4) is 0 Å². The van der Waals surface area contributed by atoms with Crippen LogP contribution in [0.1, 0.15) is 28.1 Å². The van der Waals surface area contributed by atoms with Crippen LogP contribution >= 0.6 is 34.8 Å². The number of nitrogens with two attached hydrogens (primary N) is 1. The zero-order valence-electron chi connectivity index (χ0n) is 13.0. The van der Waals surface area contributed by atoms with Crippen LogP contribution in [0, 0.1) is 0 Å². The Kier molecular flexibility index (Phi) is 16.4. The molecule has 12 heteroatoms. The summed E-state index contributed by atoms with van der Waals surface area (Å²) in [6.45, 7) is 0. The molecule has 2 rings (SSSR count). The number of aliphatic hydroxyl groups is 1. The number of pyridine rings is 2. The van der Waals surface area contributed by atoms with E-state index in [1.54, 1.807) is 0 Å². The Labute approximate surface area is 177 Å². The van der Waals surface area contributed by atoms with E-state index in [-0.39, 0.29) is 58.7 Å². The second kappa shape index (κ2) is 14.6. The van der Waals surface area contributed by atoms with Crippen LogP contribution in [0.4, 0.5) is 5.82 Å². The maximum absolute atomic E-state index is 10.4. The van der Waals surface area contributed by atoms with Crippen LogP contribution < -0.4 is 29.7 Å². The fourth-order valence-corrected chi connectivity index (χ4v) is 1.77. The maximum Gasteiger partial charge on any atom is 1.00 e. The third-order valence-electron chi connectivity index (χ3n) is 2.16. The number of hydrogen-bond donors (Lipinski definition) is 3. The van der Waals surface area contributed by atoms with E-state index in [1.165, 1.54) is 24.3 Å². The van der Waals surface area contributed by atoms with Crippen molar-refractivity contribution in [3.63, 3.8) is 0 Å². The topological polar surface area (TPSA) is 149 Å². The molecule has 8 nitrogen and oxygen atoms in total. The summed E-state index contributed by atoms with van der Waals surface area (Å²) in [5.74, 6) is -2.59. The van der Waals surface area contributed by atoms with E-state index in [0.29, 0.717) is 0 Å². The van der Waals surface area contributed by atoms with Gasteiger partial charge in [-0.05, 0) is 24.3 Å². The zero-order valence-corrected chi connectivity index (χ0v) is 15.3. The second-order valence-corrected chi connectivity index (χ2v) is 4.76. The molecule has 0 spiro atoms. The van der Waals surface area contributed by atoms with Crippen molar-refractivity contribution in [2.24, 2.45) is 0 Å². The number of nitrogens with zero attached hydrogens (tertiary/aromatic N) is 2. The molecule has 0 saturated heterocycles. The first kappa shape index (κ1) is 29.2. The number of aromatic nitrogens is 2. The third kappa shape index (κ3) is 9.82. The summed E-state index contributed by atoms with van der Waals surface area (Å²) in [7, 11) is 1.00. The number of anilines is 1. The standard InChI is InChI=1S/C6H3Cl2NO2.C6H5ClN2O2.CH4O.CH4.Li/c2*7-4-2-1-3(6(10)11)5(8)9-4;1-2;;/h1-2H,(H,10,11);1-2H,(H2,8,9)(H,10,11);2H,1H3;1H4;/q;;;;+1/p-1. The van der Waals surface area contributed by atoms with Gasteiger partial charge in [0.25, 0.3) is 0 Å². The van der Waals surface area contributed by atoms with E-state index >= 15 is 0 Å². The van der Waals surface area contributed by atoms with Gasteiger partial charge in [0.1, 0.15) is 21.3 Å². The van der Waals surface area contributed by atoms with Crippen LogP contribution in [0.25, 0.3) is 0 Å². The molecule has 0 saturated carbocycles. The van der Waals surface area contributed by atoms with Crippen molar-refractivity contribution in [3.05, 3.63) is 50.9 Å². The molecule has 2 heterocycles. The monoisotopic (exact) mass is 417 g/mol. The molecule has 0 aliphatic rings. The maximum atomic E-state index is 10.4. The van der Waals surface area contributed by atoms with E-state index in [4.69, 9.17) is 50.7 Å². The van der Waals surface area contributed by atoms with Crippen LogP contribution in [0.2, 0.25) is 15.5 Å². The molecule has 2 aromatic heterocycles. The minimum Gasteiger partial charge on any atom is -0.545 e. The molecule has 0 aromatic carbocycles. The van der Waals surface area contributed by atoms with E-state index in [0.717, 1.165) is 7.11 Å². The van der Waals surface area contributed by atoms with Crippen LogP contribution in [0.5, 0.6) is 0 Å². The summed E-state index contributed by atoms with van der Waals surface area (Å²) in [5.41, 5.74) is 5.02. The first-order valence-electron chi connectivity index (χ1n) is 5.85. The Bertz CT molecular complexity index is 673. The van der Waals surface area contributed by atoms with Gasteiger partial charge in [-0.25, -0.2) is 14.8 Å². The zero-order chi connectivity index (χ0) is 18.9. The molecule has 0 bridgehead atoms. The summed E-state index contributed by atoms with van der Waals surface area (Å²) in [5, 5.41) is 26.0. The normalized spacial score (nSPS) is 8.35. The molecule has 0 amide bonds. The third-order valence-corrected chi connectivity index (χ3v) is 2.86. The molecule has 4 N–H and O–H groups in total. The van der Waals surface area contributed by atoms with Gasteiger partial charge in [-0.15, -0.1) is 0 Å². The molecule has 0 radical (unpaired) electrons. The quantitative estimate of drug-likeness (QED) is 0.416. The molecule has 0 atom stereocenters. The number of carbonyl (C=O) groups is 2. The van der Waals surface area contributed by atoms with Crippen LogP contribution in [0.3, 0.4) is 0 Å². The van der Waals surface area contributed by atoms with Crippen molar-refractivity contribution in [2.75, 3.05) is 12.8 Å². The number of aliphatic hydroxyl groups excluding tert-OH is 1. The number of halogens is 3. The van der Waals surface area contributed by atoms with Gasteiger partial charge in [0, 0.05) is 12.7 Å². The SMILES string of the molecule is C.CO.Nc1nc(Cl)ccc1C(=O)[O-].O=C(O)c1ccc(Cl)nc1Cl.[Li+]. The molecular weight excluding hydrogens is 403 g/mol. The Morgan fingerprint density at radius 1 is 1.00 bits per heavy atom. The first-order valence-corrected chi connectivity index (χ1v) is 6.99. The summed E-state index contributed by atoms with van der Waals surface area (Å²) < 4.78 is 0. The second-order valence-electron chi connectivity index (χ2n) is 3.63. The van der Waals surface area contributed by atoms with Crippen molar-refractivity contribution in [1.29, 1.82) is 0 Å². The van der Waals surface area contributed by atoms with Gasteiger partial charge in [0.15, 0.2) is 0 Å². The van der Waals surface area contributed by atoms with Crippen molar-refractivity contribution in [1.82, 2.24) is 9.97 Å². The largest absolute Gasteiger partial charge is 1.00 e. The Morgan fingerprint density at radius 3 is 1.77 bits per heavy atom. The van der Waals surface area contributed by atoms with E-state index < -0.39 is 11.9 Å². The predicted octanol–water partition coefficient (Wildman–Crippen LogP) is -0.984. The Balaban J connectivity index is -0.000000347. The number of rotatable bonds is 2. The summed E-state index contributed by atoms with van der Waals surface area (Å²) in [4.78, 5) is 27.7. The smallest absolute Gasteiger partial charge is 0.545 e. The molecule has 2 aromatic rings. The molecule has 0 unspecified atom stereocenters. The van der Waals surface area contributed by atoms with E-state index in [1.807, 2.05) is 0 Å². The van der Waals surface area contributed by atoms with E-state index in [2.05, 4.69) is 9.97 Å². The summed E-state index contributed by atoms with van der Waals surface area (Å²) >= 11 is 16.3. The molecule has 26 heavy (non-hydrogen) atoms. The predicted molar refractivity (Wildman–Crippen MR) is 94.1 cm³/mol. The average molecular weight is 419 g/mol. The number of carboxylic acid groups (broad SMARTS) is 2. The number of carboxylic acids is 2. The number of carbonyl (C=O) groups excluding carboxylic acids is 1. The Morgan fingerprint density at radius 2 is 1.42 bits per heavy atom. The van der Waals surface area contributed by atoms with Gasteiger partial charge in [-0.2, -0.15) is 0 Å². The van der Waals surface area contributed by atoms with Crippen molar-refractivity contribution in [2.45, 2.75) is 7.43 Å². The average Bonchev–Trinajstić information content (AvgIpc) is 2.49. The number of aromatic carboxylic acids is 2. The molecule has 138 valence electrons. The minimum absolute atomic E-state index is 0. The molecule has 0 aliphatic heterocycles. The van der Waals surface area contributed by atoms with Gasteiger partial charge in [-0.3, -0.25) is 0 Å². The van der Waals surface area contributed by atoms with Crippen LogP contribution in [0.15, 0.2) is 24.3 Å². The fourth-order valence-electron chi connectivity index (χ4n) is 1.19. The molecule has 0 aliphatic carbocycles. The fraction of sp³-hybridized carbons (Fsp3) is 0.143. The number of hydrogen-bond acceptors (Lipinski definition) is 7. The molecule has 0 fully saturated rings. The van der Waals surface area contributed by atoms with Gasteiger partial charge in [0.2, 0.25) is 0 Å². The van der Waals surface area contributed by atoms with Crippen molar-refractivity contribution >= 4 is 52.6 Å². The van der Waals surface area contributed by atoms with Crippen molar-refractivity contribution < 1.29 is 43.8 Å².